The Morgan fingerprint density at radius 2 is 2.29 bits per heavy atom. The van der Waals surface area contributed by atoms with Gasteiger partial charge >= 0.3 is 0 Å². The second-order valence-corrected chi connectivity index (χ2v) is 7.02. The Balaban J connectivity index is 1.74. The molecule has 1 fully saturated rings. The number of thioether (sulfide) groups is 1. The molecule has 2 atom stereocenters. The molecule has 1 saturated heterocycles. The number of benzene rings is 1. The van der Waals surface area contributed by atoms with E-state index in [1.54, 1.807) is 11.8 Å². The van der Waals surface area contributed by atoms with Crippen LogP contribution in [-0.4, -0.2) is 42.9 Å². The van der Waals surface area contributed by atoms with Crippen molar-refractivity contribution in [2.24, 2.45) is 5.92 Å². The fourth-order valence-electron chi connectivity index (χ4n) is 3.18. The largest absolute Gasteiger partial charge is 0.381 e. The summed E-state index contributed by atoms with van der Waals surface area (Å²) in [6.07, 6.45) is 2.16. The first-order valence-electron chi connectivity index (χ1n) is 7.85. The molecular formula is C17H23NO2S. The van der Waals surface area contributed by atoms with Gasteiger partial charge in [0.05, 0.1) is 6.61 Å². The van der Waals surface area contributed by atoms with Crippen molar-refractivity contribution < 1.29 is 9.53 Å². The van der Waals surface area contributed by atoms with Crippen LogP contribution in [0.2, 0.25) is 0 Å². The van der Waals surface area contributed by atoms with Crippen molar-refractivity contribution in [1.29, 1.82) is 0 Å². The number of carbonyl (C=O) groups is 1. The van der Waals surface area contributed by atoms with Gasteiger partial charge in [-0.3, -0.25) is 4.79 Å². The predicted molar refractivity (Wildman–Crippen MR) is 86.5 cm³/mol. The Morgan fingerprint density at radius 1 is 1.43 bits per heavy atom. The van der Waals surface area contributed by atoms with E-state index in [-0.39, 0.29) is 11.2 Å². The minimum atomic E-state index is -0.0165. The van der Waals surface area contributed by atoms with Crippen molar-refractivity contribution in [1.82, 2.24) is 4.90 Å². The molecule has 114 valence electrons. The molecule has 0 bridgehead atoms. The minimum absolute atomic E-state index is 0.0165. The molecule has 4 heteroatoms. The van der Waals surface area contributed by atoms with E-state index in [2.05, 4.69) is 25.1 Å². The standard InChI is InChI=1S/C17H23NO2S/c1-2-18(11-13-7-9-20-12-13)17(19)16-15-6-4-3-5-14(15)8-10-21-16/h3-6,13,16H,2,7-12H2,1H3/t13-,16+/m0/s1. The molecule has 1 aromatic rings. The number of ether oxygens (including phenoxy) is 1. The highest BCUT2D eigenvalue weighted by Gasteiger charge is 2.31. The van der Waals surface area contributed by atoms with Crippen LogP contribution in [0.15, 0.2) is 24.3 Å². The van der Waals surface area contributed by atoms with Crippen molar-refractivity contribution in [2.75, 3.05) is 32.1 Å². The van der Waals surface area contributed by atoms with Crippen LogP contribution in [0, 0.1) is 5.92 Å². The number of aryl methyl sites for hydroxylation is 1. The molecule has 2 aliphatic heterocycles. The van der Waals surface area contributed by atoms with E-state index in [4.69, 9.17) is 4.74 Å². The molecule has 3 rings (SSSR count). The van der Waals surface area contributed by atoms with E-state index in [0.717, 1.165) is 44.9 Å². The van der Waals surface area contributed by atoms with Gasteiger partial charge in [-0.2, -0.15) is 0 Å². The van der Waals surface area contributed by atoms with Crippen LogP contribution in [-0.2, 0) is 16.0 Å². The number of hydrogen-bond donors (Lipinski definition) is 0. The van der Waals surface area contributed by atoms with E-state index >= 15 is 0 Å². The third-order valence-electron chi connectivity index (χ3n) is 4.41. The first-order valence-corrected chi connectivity index (χ1v) is 8.90. The fraction of sp³-hybridized carbons (Fsp3) is 0.588. The Bertz CT molecular complexity index is 499. The summed E-state index contributed by atoms with van der Waals surface area (Å²) in [5, 5.41) is -0.0165. The van der Waals surface area contributed by atoms with Crippen LogP contribution in [0.4, 0.5) is 0 Å². The van der Waals surface area contributed by atoms with Gasteiger partial charge in [0.2, 0.25) is 5.91 Å². The molecule has 0 N–H and O–H groups in total. The average molecular weight is 305 g/mol. The quantitative estimate of drug-likeness (QED) is 0.856. The van der Waals surface area contributed by atoms with Crippen molar-refractivity contribution in [2.45, 2.75) is 25.0 Å². The van der Waals surface area contributed by atoms with Gasteiger partial charge < -0.3 is 9.64 Å². The van der Waals surface area contributed by atoms with Gasteiger partial charge in [0.1, 0.15) is 5.25 Å². The lowest BCUT2D eigenvalue weighted by Crippen LogP contribution is -2.38. The maximum atomic E-state index is 12.9. The lowest BCUT2D eigenvalue weighted by Gasteiger charge is -2.31. The van der Waals surface area contributed by atoms with E-state index in [0.29, 0.717) is 5.92 Å². The Morgan fingerprint density at radius 3 is 3.05 bits per heavy atom. The predicted octanol–water partition coefficient (Wildman–Crippen LogP) is 2.90. The summed E-state index contributed by atoms with van der Waals surface area (Å²) < 4.78 is 5.44. The van der Waals surface area contributed by atoms with E-state index in [9.17, 15) is 4.79 Å². The first kappa shape index (κ1) is 14.9. The van der Waals surface area contributed by atoms with Gasteiger partial charge in [-0.1, -0.05) is 24.3 Å². The zero-order chi connectivity index (χ0) is 14.7. The summed E-state index contributed by atoms with van der Waals surface area (Å²) in [4.78, 5) is 15.0. The SMILES string of the molecule is CCN(C[C@@H]1CCOC1)C(=O)[C@@H]1SCCc2ccccc21. The molecule has 3 nitrogen and oxygen atoms in total. The topological polar surface area (TPSA) is 29.5 Å². The Labute approximate surface area is 131 Å². The molecule has 0 aliphatic carbocycles. The molecule has 0 saturated carbocycles. The highest BCUT2D eigenvalue weighted by Crippen LogP contribution is 2.38. The second kappa shape index (κ2) is 6.84. The average Bonchev–Trinajstić information content (AvgIpc) is 3.04. The lowest BCUT2D eigenvalue weighted by molar-refractivity contribution is -0.131. The van der Waals surface area contributed by atoms with Crippen LogP contribution >= 0.6 is 11.8 Å². The summed E-state index contributed by atoms with van der Waals surface area (Å²) in [5.41, 5.74) is 2.56. The molecule has 0 spiro atoms. The maximum absolute atomic E-state index is 12.9. The molecule has 21 heavy (non-hydrogen) atoms. The minimum Gasteiger partial charge on any atom is -0.381 e. The van der Waals surface area contributed by atoms with Crippen LogP contribution < -0.4 is 0 Å². The van der Waals surface area contributed by atoms with Crippen molar-refractivity contribution in [3.05, 3.63) is 35.4 Å². The summed E-state index contributed by atoms with van der Waals surface area (Å²) in [6, 6.07) is 8.41. The Kier molecular flexibility index (Phi) is 4.86. The molecular weight excluding hydrogens is 282 g/mol. The zero-order valence-corrected chi connectivity index (χ0v) is 13.4. The van der Waals surface area contributed by atoms with Crippen LogP contribution in [0.1, 0.15) is 29.7 Å². The number of hydrogen-bond acceptors (Lipinski definition) is 3. The van der Waals surface area contributed by atoms with Crippen LogP contribution in [0.5, 0.6) is 0 Å². The number of fused-ring (bicyclic) bond motifs is 1. The Hall–Kier alpha value is -1.00. The van der Waals surface area contributed by atoms with E-state index < -0.39 is 0 Å². The molecule has 2 heterocycles. The molecule has 0 radical (unpaired) electrons. The monoisotopic (exact) mass is 305 g/mol. The van der Waals surface area contributed by atoms with E-state index in [1.165, 1.54) is 11.1 Å². The first-order chi connectivity index (χ1) is 10.3. The smallest absolute Gasteiger partial charge is 0.240 e. The van der Waals surface area contributed by atoms with Crippen molar-refractivity contribution in [3.8, 4) is 0 Å². The third-order valence-corrected chi connectivity index (χ3v) is 5.64. The fourth-order valence-corrected chi connectivity index (χ4v) is 4.45. The van der Waals surface area contributed by atoms with Crippen LogP contribution in [0.3, 0.4) is 0 Å². The summed E-state index contributed by atoms with van der Waals surface area (Å²) in [7, 11) is 0. The number of nitrogens with zero attached hydrogens (tertiary/aromatic N) is 1. The highest BCUT2D eigenvalue weighted by atomic mass is 32.2. The van der Waals surface area contributed by atoms with Gasteiger partial charge in [-0.15, -0.1) is 11.8 Å². The molecule has 2 aliphatic rings. The van der Waals surface area contributed by atoms with Gasteiger partial charge in [0.25, 0.3) is 0 Å². The van der Waals surface area contributed by atoms with Crippen LogP contribution in [0.25, 0.3) is 0 Å². The molecule has 0 aromatic heterocycles. The van der Waals surface area contributed by atoms with Gasteiger partial charge in [0, 0.05) is 25.6 Å². The maximum Gasteiger partial charge on any atom is 0.240 e. The zero-order valence-electron chi connectivity index (χ0n) is 12.6. The summed E-state index contributed by atoms with van der Waals surface area (Å²) in [5.74, 6) is 1.83. The highest BCUT2D eigenvalue weighted by molar-refractivity contribution is 8.00. The molecule has 1 aromatic carbocycles. The number of rotatable bonds is 4. The number of likely N-dealkylation sites (N-methyl/N-ethyl adjacent to an activating group) is 1. The summed E-state index contributed by atoms with van der Waals surface area (Å²) in [6.45, 7) is 5.35. The third kappa shape index (κ3) is 3.27. The van der Waals surface area contributed by atoms with E-state index in [1.807, 2.05) is 11.0 Å². The number of amides is 1. The number of carbonyl (C=O) groups excluding carboxylic acids is 1. The van der Waals surface area contributed by atoms with Crippen molar-refractivity contribution in [3.63, 3.8) is 0 Å². The normalized spacial score (nSPS) is 24.6. The summed E-state index contributed by atoms with van der Waals surface area (Å²) >= 11 is 1.79. The second-order valence-electron chi connectivity index (χ2n) is 5.81. The van der Waals surface area contributed by atoms with Gasteiger partial charge in [-0.25, -0.2) is 0 Å². The van der Waals surface area contributed by atoms with Gasteiger partial charge in [-0.05, 0) is 36.6 Å². The lowest BCUT2D eigenvalue weighted by atomic mass is 10.0. The van der Waals surface area contributed by atoms with Gasteiger partial charge in [0.15, 0.2) is 0 Å². The van der Waals surface area contributed by atoms with Crippen molar-refractivity contribution >= 4 is 17.7 Å². The molecule has 1 amide bonds. The molecule has 0 unspecified atom stereocenters.